The van der Waals surface area contributed by atoms with Crippen LogP contribution in [0.5, 0.6) is 0 Å². The first-order valence-corrected chi connectivity index (χ1v) is 21.9. The molecule has 4 aromatic heterocycles. The predicted molar refractivity (Wildman–Crippen MR) is 267 cm³/mol. The zero-order valence-corrected chi connectivity index (χ0v) is 35.5. The summed E-state index contributed by atoms with van der Waals surface area (Å²) >= 11 is 0. The third kappa shape index (κ3) is 6.39. The molecule has 5 heteroatoms. The average Bonchev–Trinajstić information content (AvgIpc) is 3.88. The fourth-order valence-electron chi connectivity index (χ4n) is 9.70. The van der Waals surface area contributed by atoms with Gasteiger partial charge in [0.1, 0.15) is 6.07 Å². The summed E-state index contributed by atoms with van der Waals surface area (Å²) in [7, 11) is 0. The summed E-state index contributed by atoms with van der Waals surface area (Å²) in [5.74, 6) is 0. The van der Waals surface area contributed by atoms with Crippen LogP contribution in [0.4, 0.5) is 0 Å². The van der Waals surface area contributed by atoms with Gasteiger partial charge in [0.25, 0.3) is 0 Å². The van der Waals surface area contributed by atoms with E-state index in [-0.39, 0.29) is 0 Å². The molecule has 65 heavy (non-hydrogen) atoms. The first-order valence-electron chi connectivity index (χ1n) is 21.9. The number of pyridine rings is 2. The number of aromatic nitrogens is 4. The van der Waals surface area contributed by atoms with Gasteiger partial charge in [-0.2, -0.15) is 5.26 Å². The summed E-state index contributed by atoms with van der Waals surface area (Å²) in [5, 5.41) is 15.9. The maximum atomic E-state index is 11.3. The molecule has 0 spiro atoms. The zero-order chi connectivity index (χ0) is 43.4. The van der Waals surface area contributed by atoms with Gasteiger partial charge in [0.05, 0.1) is 50.4 Å². The molecule has 0 radical (unpaired) electrons. The smallest absolute Gasteiger partial charge is 0.101 e. The van der Waals surface area contributed by atoms with Crippen LogP contribution in [0.3, 0.4) is 0 Å². The fraction of sp³-hybridized carbons (Fsp3) is 0.0167. The highest BCUT2D eigenvalue weighted by atomic mass is 15.0. The quantitative estimate of drug-likeness (QED) is 0.161. The largest absolute Gasteiger partial charge is 0.309 e. The van der Waals surface area contributed by atoms with Gasteiger partial charge in [-0.15, -0.1) is 0 Å². The molecule has 0 saturated carbocycles. The Hall–Kier alpha value is -8.85. The molecule has 0 atom stereocenters. The first-order chi connectivity index (χ1) is 32.1. The van der Waals surface area contributed by atoms with E-state index in [1.807, 2.05) is 48.8 Å². The number of nitrogens with zero attached hydrogens (tertiary/aromatic N) is 5. The number of rotatable bonds is 7. The van der Waals surface area contributed by atoms with Crippen molar-refractivity contribution in [3.05, 3.63) is 230 Å². The molecule has 0 unspecified atom stereocenters. The van der Waals surface area contributed by atoms with E-state index in [0.29, 0.717) is 5.56 Å². The Morgan fingerprint density at radius 1 is 0.369 bits per heavy atom. The molecule has 0 fully saturated rings. The second-order valence-corrected chi connectivity index (χ2v) is 16.6. The molecule has 0 amide bonds. The number of benzene rings is 8. The molecular formula is C60H39N5. The molecule has 0 aliphatic carbocycles. The van der Waals surface area contributed by atoms with Crippen molar-refractivity contribution in [2.24, 2.45) is 0 Å². The van der Waals surface area contributed by atoms with Gasteiger partial charge in [0.2, 0.25) is 0 Å². The number of nitriles is 1. The van der Waals surface area contributed by atoms with Gasteiger partial charge in [-0.05, 0) is 101 Å². The maximum Gasteiger partial charge on any atom is 0.101 e. The highest BCUT2D eigenvalue weighted by Crippen LogP contribution is 2.43. The van der Waals surface area contributed by atoms with Crippen LogP contribution in [0.2, 0.25) is 0 Å². The molecule has 0 aliphatic rings. The van der Waals surface area contributed by atoms with Crippen molar-refractivity contribution in [3.63, 3.8) is 0 Å². The van der Waals surface area contributed by atoms with E-state index in [1.165, 1.54) is 0 Å². The molecular weight excluding hydrogens is 791 g/mol. The van der Waals surface area contributed by atoms with Gasteiger partial charge in [-0.3, -0.25) is 9.97 Å². The summed E-state index contributed by atoms with van der Waals surface area (Å²) in [6.45, 7) is 2.17. The number of fused-ring (bicyclic) bond motifs is 6. The van der Waals surface area contributed by atoms with Gasteiger partial charge in [-0.25, -0.2) is 0 Å². The van der Waals surface area contributed by atoms with E-state index >= 15 is 0 Å². The van der Waals surface area contributed by atoms with Crippen LogP contribution in [0, 0.1) is 18.3 Å². The Kier molecular flexibility index (Phi) is 9.03. The van der Waals surface area contributed by atoms with Gasteiger partial charge >= 0.3 is 0 Å². The molecule has 304 valence electrons. The van der Waals surface area contributed by atoms with Crippen LogP contribution >= 0.6 is 0 Å². The van der Waals surface area contributed by atoms with Crippen LogP contribution in [0.25, 0.3) is 111 Å². The summed E-state index contributed by atoms with van der Waals surface area (Å²) in [6.07, 6.45) is 3.78. The fourth-order valence-corrected chi connectivity index (χ4v) is 9.70. The monoisotopic (exact) mass is 829 g/mol. The van der Waals surface area contributed by atoms with Gasteiger partial charge in [-0.1, -0.05) is 146 Å². The third-order valence-electron chi connectivity index (χ3n) is 12.8. The number of hydrogen-bond donors (Lipinski definition) is 0. The predicted octanol–water partition coefficient (Wildman–Crippen LogP) is 15.2. The minimum absolute atomic E-state index is 0.574. The number of para-hydroxylation sites is 2. The molecule has 5 nitrogen and oxygen atoms in total. The maximum absolute atomic E-state index is 11.3. The van der Waals surface area contributed by atoms with Crippen molar-refractivity contribution in [1.82, 2.24) is 19.1 Å². The van der Waals surface area contributed by atoms with Crippen molar-refractivity contribution in [2.75, 3.05) is 0 Å². The molecule has 12 aromatic rings. The first kappa shape index (κ1) is 37.9. The van der Waals surface area contributed by atoms with Gasteiger partial charge in [0, 0.05) is 50.6 Å². The lowest BCUT2D eigenvalue weighted by Crippen LogP contribution is -2.04. The Bertz CT molecular complexity index is 3850. The molecule has 8 aromatic carbocycles. The van der Waals surface area contributed by atoms with E-state index in [1.54, 1.807) is 0 Å². The van der Waals surface area contributed by atoms with Crippen LogP contribution in [-0.4, -0.2) is 19.1 Å². The van der Waals surface area contributed by atoms with E-state index in [9.17, 15) is 5.26 Å². The third-order valence-corrected chi connectivity index (χ3v) is 12.8. The molecule has 0 saturated heterocycles. The van der Waals surface area contributed by atoms with Crippen LogP contribution in [-0.2, 0) is 0 Å². The summed E-state index contributed by atoms with van der Waals surface area (Å²) in [5.41, 5.74) is 18.1. The second-order valence-electron chi connectivity index (χ2n) is 16.6. The number of aryl methyl sites for hydroxylation is 1. The van der Waals surface area contributed by atoms with Gasteiger partial charge < -0.3 is 9.13 Å². The number of hydrogen-bond acceptors (Lipinski definition) is 3. The molecule has 4 heterocycles. The van der Waals surface area contributed by atoms with E-state index < -0.39 is 0 Å². The van der Waals surface area contributed by atoms with Crippen LogP contribution < -0.4 is 0 Å². The normalized spacial score (nSPS) is 11.4. The van der Waals surface area contributed by atoms with Crippen molar-refractivity contribution in [3.8, 4) is 73.3 Å². The van der Waals surface area contributed by atoms with E-state index in [4.69, 9.17) is 9.97 Å². The van der Waals surface area contributed by atoms with E-state index in [0.717, 1.165) is 116 Å². The minimum Gasteiger partial charge on any atom is -0.309 e. The van der Waals surface area contributed by atoms with E-state index in [2.05, 4.69) is 192 Å². The average molecular weight is 830 g/mol. The summed E-state index contributed by atoms with van der Waals surface area (Å²) in [6, 6.07) is 75.2. The molecule has 12 rings (SSSR count). The highest BCUT2D eigenvalue weighted by molar-refractivity contribution is 6.12. The van der Waals surface area contributed by atoms with Crippen LogP contribution in [0.1, 0.15) is 11.1 Å². The highest BCUT2D eigenvalue weighted by Gasteiger charge is 2.23. The zero-order valence-electron chi connectivity index (χ0n) is 35.5. The SMILES string of the molecule is Cc1ccccc1-c1cc(-n2c3ccccc3c3ccc(-c4ccnc(-c5ccccc5)c4)cc32)c(C#N)cc1-n1c2ccccc2c2ccc(-c3ccnc(-c4ccccc4)c3)cc21. The summed E-state index contributed by atoms with van der Waals surface area (Å²) < 4.78 is 4.65. The molecule has 0 N–H and O–H groups in total. The van der Waals surface area contributed by atoms with Crippen LogP contribution in [0.15, 0.2) is 219 Å². The minimum atomic E-state index is 0.574. The Morgan fingerprint density at radius 3 is 1.37 bits per heavy atom. The standard InChI is InChI=1S/C60H39N5/c1-39-14-8-9-19-47(39)52-37-57(64-55-22-12-10-20-48(55)50-26-24-42(34-58(50)64)44-28-30-62-53(32-44)40-15-4-2-5-16-40)46(38-61)36-60(52)65-56-23-13-11-21-49(56)51-27-25-43(35-59(51)65)45-29-31-63-54(33-45)41-17-6-3-7-18-41/h2-37H,1H3. The Morgan fingerprint density at radius 2 is 0.831 bits per heavy atom. The lowest BCUT2D eigenvalue weighted by Gasteiger charge is -2.20. The van der Waals surface area contributed by atoms with Crippen molar-refractivity contribution < 1.29 is 0 Å². The topological polar surface area (TPSA) is 59.4 Å². The lowest BCUT2D eigenvalue weighted by molar-refractivity contribution is 1.13. The molecule has 0 bridgehead atoms. The summed E-state index contributed by atoms with van der Waals surface area (Å²) in [4.78, 5) is 9.45. The second kappa shape index (κ2) is 15.5. The lowest BCUT2D eigenvalue weighted by atomic mass is 9.96. The van der Waals surface area contributed by atoms with Gasteiger partial charge in [0.15, 0.2) is 0 Å². The molecule has 0 aliphatic heterocycles. The van der Waals surface area contributed by atoms with Crippen molar-refractivity contribution >= 4 is 43.6 Å². The van der Waals surface area contributed by atoms with Crippen molar-refractivity contribution in [2.45, 2.75) is 6.92 Å². The van der Waals surface area contributed by atoms with Crippen molar-refractivity contribution in [1.29, 1.82) is 5.26 Å². The Labute approximate surface area is 376 Å². The Balaban J connectivity index is 1.11.